The molecule has 1 amide bonds. The third-order valence-corrected chi connectivity index (χ3v) is 2.53. The van der Waals surface area contributed by atoms with Gasteiger partial charge in [0.25, 0.3) is 5.91 Å². The van der Waals surface area contributed by atoms with Crippen LogP contribution in [0.25, 0.3) is 0 Å². The molecule has 0 heterocycles. The third kappa shape index (κ3) is 2.51. The van der Waals surface area contributed by atoms with E-state index in [9.17, 15) is 4.79 Å². The highest BCUT2D eigenvalue weighted by Crippen LogP contribution is 2.28. The second kappa shape index (κ2) is 4.84. The molecule has 0 aliphatic carbocycles. The maximum atomic E-state index is 11.3. The Morgan fingerprint density at radius 3 is 2.36 bits per heavy atom. The Morgan fingerprint density at radius 1 is 1.21 bits per heavy atom. The van der Waals surface area contributed by atoms with Gasteiger partial charge in [-0.15, -0.1) is 0 Å². The Hall–Kier alpha value is -0.480. The van der Waals surface area contributed by atoms with Crippen molar-refractivity contribution in [1.82, 2.24) is 5.32 Å². The third-order valence-electron chi connectivity index (χ3n) is 1.49. The summed E-state index contributed by atoms with van der Waals surface area (Å²) >= 11 is 17.1. The Balaban J connectivity index is 3.09. The molecule has 76 valence electrons. The minimum atomic E-state index is -0.504. The van der Waals surface area contributed by atoms with E-state index in [1.54, 1.807) is 0 Å². The van der Waals surface area contributed by atoms with E-state index in [4.69, 9.17) is 39.9 Å². The molecule has 0 spiro atoms. The first kappa shape index (κ1) is 11.6. The van der Waals surface area contributed by atoms with Gasteiger partial charge in [0.05, 0.1) is 20.6 Å². The number of hydrogen-bond donors (Lipinski definition) is 2. The van der Waals surface area contributed by atoms with Crippen molar-refractivity contribution in [1.29, 1.82) is 0 Å². The maximum absolute atomic E-state index is 11.3. The number of aliphatic hydroxyl groups is 1. The minimum absolute atomic E-state index is 0.176. The van der Waals surface area contributed by atoms with Gasteiger partial charge in [-0.05, 0) is 12.1 Å². The quantitative estimate of drug-likeness (QED) is 0.628. The summed E-state index contributed by atoms with van der Waals surface area (Å²) in [5, 5.41) is 11.4. The lowest BCUT2D eigenvalue weighted by Gasteiger charge is -2.05. The van der Waals surface area contributed by atoms with Crippen molar-refractivity contribution in [2.75, 3.05) is 6.73 Å². The van der Waals surface area contributed by atoms with Crippen molar-refractivity contribution in [2.24, 2.45) is 0 Å². The first-order valence-electron chi connectivity index (χ1n) is 3.60. The molecular formula is C8H6Cl3NO2. The fourth-order valence-electron chi connectivity index (χ4n) is 0.864. The fraction of sp³-hybridized carbons (Fsp3) is 0.125. The van der Waals surface area contributed by atoms with E-state index >= 15 is 0 Å². The van der Waals surface area contributed by atoms with Crippen LogP contribution in [0.5, 0.6) is 0 Å². The van der Waals surface area contributed by atoms with Crippen LogP contribution in [0.1, 0.15) is 10.4 Å². The van der Waals surface area contributed by atoms with Crippen molar-refractivity contribution in [3.05, 3.63) is 32.8 Å². The lowest BCUT2D eigenvalue weighted by Crippen LogP contribution is -2.24. The van der Waals surface area contributed by atoms with Gasteiger partial charge in [-0.3, -0.25) is 4.79 Å². The molecule has 0 fully saturated rings. The van der Waals surface area contributed by atoms with Crippen LogP contribution in [0.2, 0.25) is 15.1 Å². The van der Waals surface area contributed by atoms with Crippen molar-refractivity contribution in [3.63, 3.8) is 0 Å². The van der Waals surface area contributed by atoms with E-state index in [0.29, 0.717) is 0 Å². The van der Waals surface area contributed by atoms with E-state index < -0.39 is 12.6 Å². The number of benzene rings is 1. The van der Waals surface area contributed by atoms with Crippen LogP contribution < -0.4 is 5.32 Å². The summed E-state index contributed by atoms with van der Waals surface area (Å²) in [6.45, 7) is -0.463. The highest BCUT2D eigenvalue weighted by molar-refractivity contribution is 6.44. The van der Waals surface area contributed by atoms with Crippen molar-refractivity contribution in [2.45, 2.75) is 0 Å². The molecule has 0 atom stereocenters. The second-order valence-corrected chi connectivity index (χ2v) is 3.63. The van der Waals surface area contributed by atoms with E-state index in [1.165, 1.54) is 12.1 Å². The molecule has 0 bridgehead atoms. The number of nitrogens with one attached hydrogen (secondary N) is 1. The summed E-state index contributed by atoms with van der Waals surface area (Å²) in [7, 11) is 0. The van der Waals surface area contributed by atoms with Crippen LogP contribution in [0.4, 0.5) is 0 Å². The average molecular weight is 254 g/mol. The Morgan fingerprint density at radius 2 is 1.79 bits per heavy atom. The van der Waals surface area contributed by atoms with Gasteiger partial charge in [0.15, 0.2) is 0 Å². The summed E-state index contributed by atoms with van der Waals surface area (Å²) in [6.07, 6.45) is 0. The Labute approximate surface area is 95.6 Å². The van der Waals surface area contributed by atoms with E-state index in [2.05, 4.69) is 5.32 Å². The summed E-state index contributed by atoms with van der Waals surface area (Å²) in [4.78, 5) is 11.3. The van der Waals surface area contributed by atoms with E-state index in [1.807, 2.05) is 0 Å². The number of carbonyl (C=O) groups excluding carboxylic acids is 1. The SMILES string of the molecule is O=C(NCO)c1cc(Cl)c(Cl)cc1Cl. The average Bonchev–Trinajstić information content (AvgIpc) is 2.11. The molecule has 2 N–H and O–H groups in total. The highest BCUT2D eigenvalue weighted by Gasteiger charge is 2.12. The summed E-state index contributed by atoms with van der Waals surface area (Å²) in [5.74, 6) is -0.504. The highest BCUT2D eigenvalue weighted by atomic mass is 35.5. The number of amides is 1. The van der Waals surface area contributed by atoms with Gasteiger partial charge in [0.2, 0.25) is 0 Å². The molecule has 14 heavy (non-hydrogen) atoms. The van der Waals surface area contributed by atoms with E-state index in [-0.39, 0.29) is 20.6 Å². The molecule has 0 aliphatic heterocycles. The van der Waals surface area contributed by atoms with Crippen LogP contribution in [-0.2, 0) is 0 Å². The predicted octanol–water partition coefficient (Wildman–Crippen LogP) is 2.33. The normalized spacial score (nSPS) is 10.0. The molecule has 1 rings (SSSR count). The molecule has 0 radical (unpaired) electrons. The van der Waals surface area contributed by atoms with Crippen LogP contribution in [-0.4, -0.2) is 17.7 Å². The summed E-state index contributed by atoms with van der Waals surface area (Å²) < 4.78 is 0. The lowest BCUT2D eigenvalue weighted by atomic mass is 10.2. The zero-order valence-electron chi connectivity index (χ0n) is 6.85. The number of aliphatic hydroxyl groups excluding tert-OH is 1. The van der Waals surface area contributed by atoms with Crippen LogP contribution in [0, 0.1) is 0 Å². The largest absolute Gasteiger partial charge is 0.376 e. The molecule has 1 aromatic carbocycles. The van der Waals surface area contributed by atoms with Crippen LogP contribution >= 0.6 is 34.8 Å². The molecule has 0 aromatic heterocycles. The summed E-state index contributed by atoms with van der Waals surface area (Å²) in [5.41, 5.74) is 0.176. The van der Waals surface area contributed by atoms with Gasteiger partial charge in [-0.1, -0.05) is 34.8 Å². The van der Waals surface area contributed by atoms with Gasteiger partial charge in [0.1, 0.15) is 6.73 Å². The lowest BCUT2D eigenvalue weighted by molar-refractivity contribution is 0.0910. The van der Waals surface area contributed by atoms with Gasteiger partial charge in [0, 0.05) is 0 Å². The number of rotatable bonds is 2. The smallest absolute Gasteiger partial charge is 0.254 e. The first-order valence-corrected chi connectivity index (χ1v) is 4.73. The van der Waals surface area contributed by atoms with Crippen molar-refractivity contribution >= 4 is 40.7 Å². The van der Waals surface area contributed by atoms with Gasteiger partial charge >= 0.3 is 0 Å². The van der Waals surface area contributed by atoms with Gasteiger partial charge in [-0.25, -0.2) is 0 Å². The Kier molecular flexibility index (Phi) is 4.01. The Bertz CT molecular complexity index is 368. The van der Waals surface area contributed by atoms with Crippen molar-refractivity contribution < 1.29 is 9.90 Å². The number of hydrogen-bond acceptors (Lipinski definition) is 2. The standard InChI is InChI=1S/C8H6Cl3NO2/c9-5-2-7(11)6(10)1-4(5)8(14)12-3-13/h1-2,13H,3H2,(H,12,14). The molecule has 0 aliphatic rings. The first-order chi connectivity index (χ1) is 6.56. The minimum Gasteiger partial charge on any atom is -0.376 e. The van der Waals surface area contributed by atoms with E-state index in [0.717, 1.165) is 0 Å². The predicted molar refractivity (Wildman–Crippen MR) is 56.0 cm³/mol. The second-order valence-electron chi connectivity index (χ2n) is 2.41. The fourth-order valence-corrected chi connectivity index (χ4v) is 1.50. The maximum Gasteiger partial charge on any atom is 0.254 e. The zero-order valence-corrected chi connectivity index (χ0v) is 9.12. The summed E-state index contributed by atoms with van der Waals surface area (Å²) in [6, 6.07) is 2.72. The number of carbonyl (C=O) groups is 1. The van der Waals surface area contributed by atoms with Gasteiger partial charge < -0.3 is 10.4 Å². The zero-order chi connectivity index (χ0) is 10.7. The molecule has 3 nitrogen and oxygen atoms in total. The molecule has 0 saturated heterocycles. The van der Waals surface area contributed by atoms with Gasteiger partial charge in [-0.2, -0.15) is 0 Å². The van der Waals surface area contributed by atoms with Crippen LogP contribution in [0.15, 0.2) is 12.1 Å². The molecule has 0 saturated carbocycles. The molecule has 1 aromatic rings. The topological polar surface area (TPSA) is 49.3 Å². The van der Waals surface area contributed by atoms with Crippen LogP contribution in [0.3, 0.4) is 0 Å². The molecular weight excluding hydrogens is 248 g/mol. The monoisotopic (exact) mass is 253 g/mol. The number of halogens is 3. The molecule has 6 heteroatoms. The molecule has 0 unspecified atom stereocenters. The van der Waals surface area contributed by atoms with Crippen molar-refractivity contribution in [3.8, 4) is 0 Å².